The molecular weight excluding hydrogens is 432 g/mol. The molecule has 0 aliphatic carbocycles. The number of esters is 1. The number of anilines is 1. The quantitative estimate of drug-likeness (QED) is 0.615. The molecule has 2 aromatic rings. The SMILES string of the molecule is C[C@@H](O)[C@@H](NS(=O)(=O)c1ccc(Cl)cc1)C(=O)OCC(=O)N1CCc2ccccc21. The lowest BCUT2D eigenvalue weighted by Gasteiger charge is -2.21. The number of nitrogens with zero attached hydrogens (tertiary/aromatic N) is 1. The van der Waals surface area contributed by atoms with Crippen LogP contribution in [0.3, 0.4) is 0 Å². The van der Waals surface area contributed by atoms with Crippen molar-refractivity contribution in [3.05, 3.63) is 59.1 Å². The average Bonchev–Trinajstić information content (AvgIpc) is 3.14. The van der Waals surface area contributed by atoms with Gasteiger partial charge in [0.15, 0.2) is 6.61 Å². The van der Waals surface area contributed by atoms with Crippen LogP contribution < -0.4 is 9.62 Å². The van der Waals surface area contributed by atoms with Gasteiger partial charge in [-0.05, 0) is 49.2 Å². The van der Waals surface area contributed by atoms with Crippen LogP contribution in [0.2, 0.25) is 5.02 Å². The smallest absolute Gasteiger partial charge is 0.327 e. The number of hydrogen-bond donors (Lipinski definition) is 2. The van der Waals surface area contributed by atoms with Crippen LogP contribution in [0.15, 0.2) is 53.4 Å². The van der Waals surface area contributed by atoms with Crippen molar-refractivity contribution in [3.63, 3.8) is 0 Å². The van der Waals surface area contributed by atoms with Crippen LogP contribution in [0, 0.1) is 0 Å². The first-order valence-electron chi connectivity index (χ1n) is 9.20. The van der Waals surface area contributed by atoms with Gasteiger partial charge in [0.1, 0.15) is 6.04 Å². The second-order valence-electron chi connectivity index (χ2n) is 6.83. The Morgan fingerprint density at radius 2 is 1.87 bits per heavy atom. The zero-order valence-electron chi connectivity index (χ0n) is 16.1. The third kappa shape index (κ3) is 4.99. The van der Waals surface area contributed by atoms with Crippen LogP contribution in [0.25, 0.3) is 0 Å². The molecule has 1 heterocycles. The van der Waals surface area contributed by atoms with Crippen molar-refractivity contribution in [1.29, 1.82) is 0 Å². The Morgan fingerprint density at radius 1 is 1.20 bits per heavy atom. The summed E-state index contributed by atoms with van der Waals surface area (Å²) in [7, 11) is -4.13. The van der Waals surface area contributed by atoms with Gasteiger partial charge in [-0.2, -0.15) is 4.72 Å². The number of para-hydroxylation sites is 1. The predicted molar refractivity (Wildman–Crippen MR) is 111 cm³/mol. The van der Waals surface area contributed by atoms with E-state index in [9.17, 15) is 23.1 Å². The van der Waals surface area contributed by atoms with Gasteiger partial charge in [-0.25, -0.2) is 8.42 Å². The maximum Gasteiger partial charge on any atom is 0.327 e. The molecule has 2 aromatic carbocycles. The monoisotopic (exact) mass is 452 g/mol. The molecule has 0 unspecified atom stereocenters. The first-order chi connectivity index (χ1) is 14.2. The molecule has 160 valence electrons. The number of hydrogen-bond acceptors (Lipinski definition) is 6. The first kappa shape index (κ1) is 22.2. The summed E-state index contributed by atoms with van der Waals surface area (Å²) >= 11 is 5.76. The van der Waals surface area contributed by atoms with E-state index in [0.29, 0.717) is 18.0 Å². The molecule has 0 aromatic heterocycles. The Bertz CT molecular complexity index is 1040. The Morgan fingerprint density at radius 3 is 2.53 bits per heavy atom. The molecule has 0 bridgehead atoms. The number of carbonyl (C=O) groups excluding carboxylic acids is 2. The second kappa shape index (κ2) is 9.13. The van der Waals surface area contributed by atoms with Crippen LogP contribution in [0.5, 0.6) is 0 Å². The molecule has 8 nitrogen and oxygen atoms in total. The number of halogens is 1. The van der Waals surface area contributed by atoms with Gasteiger partial charge in [-0.1, -0.05) is 29.8 Å². The number of fused-ring (bicyclic) bond motifs is 1. The highest BCUT2D eigenvalue weighted by Gasteiger charge is 2.32. The summed E-state index contributed by atoms with van der Waals surface area (Å²) in [6.45, 7) is 1.15. The Kier molecular flexibility index (Phi) is 6.77. The van der Waals surface area contributed by atoms with E-state index in [0.717, 1.165) is 11.3 Å². The molecule has 2 N–H and O–H groups in total. The van der Waals surface area contributed by atoms with Gasteiger partial charge in [0.25, 0.3) is 5.91 Å². The van der Waals surface area contributed by atoms with Crippen LogP contribution in [0.1, 0.15) is 12.5 Å². The fourth-order valence-corrected chi connectivity index (χ4v) is 4.47. The summed E-state index contributed by atoms with van der Waals surface area (Å²) in [6, 6.07) is 11.1. The highest BCUT2D eigenvalue weighted by molar-refractivity contribution is 7.89. The number of ether oxygens (including phenoxy) is 1. The average molecular weight is 453 g/mol. The molecule has 0 saturated heterocycles. The van der Waals surface area contributed by atoms with Crippen LogP contribution >= 0.6 is 11.6 Å². The lowest BCUT2D eigenvalue weighted by Crippen LogP contribution is -2.49. The van der Waals surface area contributed by atoms with E-state index in [1.54, 1.807) is 6.07 Å². The molecule has 10 heteroatoms. The molecule has 0 fully saturated rings. The number of rotatable bonds is 7. The Hall–Kier alpha value is -2.46. The summed E-state index contributed by atoms with van der Waals surface area (Å²) in [5.74, 6) is -1.48. The molecule has 0 radical (unpaired) electrons. The summed E-state index contributed by atoms with van der Waals surface area (Å²) < 4.78 is 32.1. The van der Waals surface area contributed by atoms with Crippen molar-refractivity contribution in [1.82, 2.24) is 4.72 Å². The zero-order valence-corrected chi connectivity index (χ0v) is 17.7. The van der Waals surface area contributed by atoms with Crippen LogP contribution in [-0.4, -0.2) is 50.7 Å². The van der Waals surface area contributed by atoms with Crippen molar-refractivity contribution in [3.8, 4) is 0 Å². The third-order valence-corrected chi connectivity index (χ3v) is 6.38. The highest BCUT2D eigenvalue weighted by atomic mass is 35.5. The van der Waals surface area contributed by atoms with Gasteiger partial charge in [-0.15, -0.1) is 0 Å². The van der Waals surface area contributed by atoms with Crippen molar-refractivity contribution in [2.45, 2.75) is 30.4 Å². The van der Waals surface area contributed by atoms with E-state index >= 15 is 0 Å². The van der Waals surface area contributed by atoms with E-state index in [1.807, 2.05) is 18.2 Å². The van der Waals surface area contributed by atoms with Gasteiger partial charge in [-0.3, -0.25) is 9.59 Å². The lowest BCUT2D eigenvalue weighted by atomic mass is 10.2. The third-order valence-electron chi connectivity index (χ3n) is 4.67. The van der Waals surface area contributed by atoms with E-state index < -0.39 is 40.7 Å². The molecule has 2 atom stereocenters. The van der Waals surface area contributed by atoms with Crippen LogP contribution in [0.4, 0.5) is 5.69 Å². The minimum atomic E-state index is -4.13. The summed E-state index contributed by atoms with van der Waals surface area (Å²) in [6.07, 6.45) is -0.685. The van der Waals surface area contributed by atoms with E-state index in [-0.39, 0.29) is 4.90 Å². The molecule has 1 aliphatic rings. The van der Waals surface area contributed by atoms with Crippen molar-refractivity contribution >= 4 is 39.2 Å². The predicted octanol–water partition coefficient (Wildman–Crippen LogP) is 1.50. The summed E-state index contributed by atoms with van der Waals surface area (Å²) in [4.78, 5) is 26.3. The second-order valence-corrected chi connectivity index (χ2v) is 8.98. The van der Waals surface area contributed by atoms with E-state index in [1.165, 1.54) is 36.1 Å². The van der Waals surface area contributed by atoms with Gasteiger partial charge in [0.2, 0.25) is 10.0 Å². The van der Waals surface area contributed by atoms with E-state index in [4.69, 9.17) is 16.3 Å². The number of benzene rings is 2. The van der Waals surface area contributed by atoms with Crippen molar-refractivity contribution in [2.75, 3.05) is 18.1 Å². The largest absolute Gasteiger partial charge is 0.454 e. The molecule has 1 aliphatic heterocycles. The summed E-state index contributed by atoms with van der Waals surface area (Å²) in [5, 5.41) is 10.2. The minimum absolute atomic E-state index is 0.130. The fraction of sp³-hybridized carbons (Fsp3) is 0.300. The normalized spacial score (nSPS) is 15.4. The Labute approximate surface area is 179 Å². The maximum absolute atomic E-state index is 12.5. The number of nitrogens with one attached hydrogen (secondary N) is 1. The van der Waals surface area contributed by atoms with Crippen molar-refractivity contribution < 1.29 is 27.9 Å². The molecule has 1 amide bonds. The zero-order chi connectivity index (χ0) is 21.9. The number of sulfonamides is 1. The van der Waals surface area contributed by atoms with Gasteiger partial charge in [0.05, 0.1) is 11.0 Å². The molecule has 0 saturated carbocycles. The minimum Gasteiger partial charge on any atom is -0.454 e. The number of aliphatic hydroxyl groups is 1. The van der Waals surface area contributed by atoms with Gasteiger partial charge < -0.3 is 14.7 Å². The number of aliphatic hydroxyl groups excluding tert-OH is 1. The highest BCUT2D eigenvalue weighted by Crippen LogP contribution is 2.27. The summed E-state index contributed by atoms with van der Waals surface area (Å²) in [5.41, 5.74) is 1.78. The fourth-order valence-electron chi connectivity index (χ4n) is 3.09. The molecule has 3 rings (SSSR count). The maximum atomic E-state index is 12.5. The van der Waals surface area contributed by atoms with Crippen LogP contribution in [-0.2, 0) is 30.8 Å². The number of carbonyl (C=O) groups is 2. The topological polar surface area (TPSA) is 113 Å². The standard InChI is InChI=1S/C20H21ClN2O6S/c1-13(24)19(22-30(27,28)16-8-6-15(21)7-9-16)20(26)29-12-18(25)23-11-10-14-4-2-3-5-17(14)23/h2-9,13,19,22,24H,10-12H2,1H3/t13-,19-/m1/s1. The molecule has 30 heavy (non-hydrogen) atoms. The molecular formula is C20H21ClN2O6S. The Balaban J connectivity index is 1.65. The first-order valence-corrected chi connectivity index (χ1v) is 11.1. The van der Waals surface area contributed by atoms with Gasteiger partial charge in [0, 0.05) is 17.3 Å². The van der Waals surface area contributed by atoms with E-state index in [2.05, 4.69) is 4.72 Å². The van der Waals surface area contributed by atoms with Gasteiger partial charge >= 0.3 is 5.97 Å². The lowest BCUT2D eigenvalue weighted by molar-refractivity contribution is -0.151. The van der Waals surface area contributed by atoms with Crippen molar-refractivity contribution in [2.24, 2.45) is 0 Å². The number of amides is 1. The molecule has 0 spiro atoms.